The summed E-state index contributed by atoms with van der Waals surface area (Å²) in [4.78, 5) is 38.5. The standard InChI is InChI=1S/C21H16ClN3O3S/c22-15-7-4-8-16(11-15)25-20(27)19-17(9-10-29-19)24(21(25)28)13-18(26)23-12-14-5-2-1-3-6-14/h1-11H,12-13H2,(H,23,26). The molecule has 4 rings (SSSR count). The molecule has 2 aromatic heterocycles. The van der Waals surface area contributed by atoms with Crippen LogP contribution in [0.1, 0.15) is 5.56 Å². The van der Waals surface area contributed by atoms with Gasteiger partial charge in [-0.25, -0.2) is 9.36 Å². The van der Waals surface area contributed by atoms with E-state index in [1.54, 1.807) is 35.7 Å². The van der Waals surface area contributed by atoms with Crippen LogP contribution in [0.15, 0.2) is 75.6 Å². The topological polar surface area (TPSA) is 73.1 Å². The quantitative estimate of drug-likeness (QED) is 0.533. The van der Waals surface area contributed by atoms with E-state index in [-0.39, 0.29) is 12.5 Å². The molecule has 8 heteroatoms. The van der Waals surface area contributed by atoms with Gasteiger partial charge in [0, 0.05) is 11.6 Å². The summed E-state index contributed by atoms with van der Waals surface area (Å²) in [6, 6.07) is 17.7. The molecule has 0 atom stereocenters. The lowest BCUT2D eigenvalue weighted by atomic mass is 10.2. The molecule has 0 fully saturated rings. The van der Waals surface area contributed by atoms with Gasteiger partial charge in [0.25, 0.3) is 5.56 Å². The maximum atomic E-state index is 13.1. The van der Waals surface area contributed by atoms with Crippen LogP contribution in [-0.4, -0.2) is 15.0 Å². The van der Waals surface area contributed by atoms with Gasteiger partial charge in [0.1, 0.15) is 11.2 Å². The number of hydrogen-bond acceptors (Lipinski definition) is 4. The van der Waals surface area contributed by atoms with E-state index < -0.39 is 11.2 Å². The van der Waals surface area contributed by atoms with E-state index in [1.807, 2.05) is 30.3 Å². The maximum absolute atomic E-state index is 13.1. The van der Waals surface area contributed by atoms with Gasteiger partial charge in [-0.05, 0) is 35.2 Å². The lowest BCUT2D eigenvalue weighted by Gasteiger charge is -2.12. The summed E-state index contributed by atoms with van der Waals surface area (Å²) in [6.07, 6.45) is 0. The Labute approximate surface area is 174 Å². The molecule has 2 heterocycles. The van der Waals surface area contributed by atoms with Crippen molar-refractivity contribution in [1.82, 2.24) is 14.5 Å². The van der Waals surface area contributed by atoms with Gasteiger partial charge in [0.15, 0.2) is 0 Å². The van der Waals surface area contributed by atoms with Crippen molar-refractivity contribution in [3.63, 3.8) is 0 Å². The summed E-state index contributed by atoms with van der Waals surface area (Å²) in [5, 5.41) is 4.95. The van der Waals surface area contributed by atoms with E-state index in [0.717, 1.165) is 10.1 Å². The highest BCUT2D eigenvalue weighted by Gasteiger charge is 2.17. The van der Waals surface area contributed by atoms with Gasteiger partial charge in [0.05, 0.1) is 11.2 Å². The lowest BCUT2D eigenvalue weighted by Crippen LogP contribution is -2.41. The van der Waals surface area contributed by atoms with Gasteiger partial charge >= 0.3 is 5.69 Å². The third-order valence-corrected chi connectivity index (χ3v) is 5.58. The first-order valence-electron chi connectivity index (χ1n) is 8.84. The Morgan fingerprint density at radius 2 is 1.83 bits per heavy atom. The zero-order chi connectivity index (χ0) is 20.4. The minimum absolute atomic E-state index is 0.195. The molecule has 0 aliphatic carbocycles. The Bertz CT molecular complexity index is 1310. The summed E-state index contributed by atoms with van der Waals surface area (Å²) >= 11 is 7.26. The van der Waals surface area contributed by atoms with Crippen LogP contribution in [0.5, 0.6) is 0 Å². The number of thiophene rings is 1. The van der Waals surface area contributed by atoms with Crippen LogP contribution in [0.2, 0.25) is 5.02 Å². The molecule has 0 aliphatic rings. The molecule has 6 nitrogen and oxygen atoms in total. The third kappa shape index (κ3) is 3.87. The Morgan fingerprint density at radius 3 is 2.59 bits per heavy atom. The molecule has 146 valence electrons. The van der Waals surface area contributed by atoms with Crippen molar-refractivity contribution < 1.29 is 4.79 Å². The summed E-state index contributed by atoms with van der Waals surface area (Å²) in [5.41, 5.74) is 0.749. The van der Waals surface area contributed by atoms with Crippen molar-refractivity contribution in [3.8, 4) is 5.69 Å². The molecule has 1 amide bonds. The molecule has 1 N–H and O–H groups in total. The number of amides is 1. The predicted octanol–water partition coefficient (Wildman–Crippen LogP) is 3.18. The summed E-state index contributed by atoms with van der Waals surface area (Å²) in [5.74, 6) is -0.320. The molecule has 0 spiro atoms. The number of nitrogens with one attached hydrogen (secondary N) is 1. The molecular weight excluding hydrogens is 410 g/mol. The maximum Gasteiger partial charge on any atom is 0.336 e. The number of aromatic nitrogens is 2. The van der Waals surface area contributed by atoms with Crippen LogP contribution in [-0.2, 0) is 17.9 Å². The molecule has 0 saturated heterocycles. The van der Waals surface area contributed by atoms with Gasteiger partial charge in [-0.3, -0.25) is 14.2 Å². The molecule has 0 aliphatic heterocycles. The van der Waals surface area contributed by atoms with Crippen LogP contribution in [0.4, 0.5) is 0 Å². The van der Waals surface area contributed by atoms with Crippen molar-refractivity contribution >= 4 is 39.1 Å². The molecule has 0 saturated carbocycles. The van der Waals surface area contributed by atoms with E-state index in [9.17, 15) is 14.4 Å². The van der Waals surface area contributed by atoms with E-state index in [1.165, 1.54) is 15.9 Å². The van der Waals surface area contributed by atoms with E-state index in [0.29, 0.717) is 27.5 Å². The molecule has 29 heavy (non-hydrogen) atoms. The first-order valence-corrected chi connectivity index (χ1v) is 10.1. The molecule has 2 aromatic carbocycles. The molecule has 4 aromatic rings. The average Bonchev–Trinajstić information content (AvgIpc) is 3.21. The Kier molecular flexibility index (Phi) is 5.33. The van der Waals surface area contributed by atoms with Crippen LogP contribution >= 0.6 is 22.9 Å². The van der Waals surface area contributed by atoms with Crippen molar-refractivity contribution in [2.75, 3.05) is 0 Å². The van der Waals surface area contributed by atoms with Crippen LogP contribution < -0.4 is 16.6 Å². The van der Waals surface area contributed by atoms with E-state index in [2.05, 4.69) is 5.32 Å². The Morgan fingerprint density at radius 1 is 1.03 bits per heavy atom. The highest BCUT2D eigenvalue weighted by atomic mass is 35.5. The van der Waals surface area contributed by atoms with Gasteiger partial charge in [-0.2, -0.15) is 0 Å². The Hall–Kier alpha value is -3.16. The fourth-order valence-electron chi connectivity index (χ4n) is 3.08. The van der Waals surface area contributed by atoms with Crippen LogP contribution in [0, 0.1) is 0 Å². The summed E-state index contributed by atoms with van der Waals surface area (Å²) in [7, 11) is 0. The number of halogens is 1. The van der Waals surface area contributed by atoms with Crippen molar-refractivity contribution in [2.24, 2.45) is 0 Å². The normalized spacial score (nSPS) is 10.9. The zero-order valence-corrected chi connectivity index (χ0v) is 16.7. The lowest BCUT2D eigenvalue weighted by molar-refractivity contribution is -0.121. The van der Waals surface area contributed by atoms with E-state index >= 15 is 0 Å². The van der Waals surface area contributed by atoms with Crippen molar-refractivity contribution in [1.29, 1.82) is 0 Å². The fourth-order valence-corrected chi connectivity index (χ4v) is 4.09. The smallest absolute Gasteiger partial charge is 0.336 e. The van der Waals surface area contributed by atoms with Gasteiger partial charge in [-0.15, -0.1) is 11.3 Å². The van der Waals surface area contributed by atoms with E-state index in [4.69, 9.17) is 11.6 Å². The van der Waals surface area contributed by atoms with Gasteiger partial charge in [-0.1, -0.05) is 48.0 Å². The number of carbonyl (C=O) groups excluding carboxylic acids is 1. The van der Waals surface area contributed by atoms with Gasteiger partial charge in [0.2, 0.25) is 5.91 Å². The third-order valence-electron chi connectivity index (χ3n) is 4.46. The van der Waals surface area contributed by atoms with Gasteiger partial charge < -0.3 is 5.32 Å². The highest BCUT2D eigenvalue weighted by Crippen LogP contribution is 2.17. The average molecular weight is 426 g/mol. The highest BCUT2D eigenvalue weighted by molar-refractivity contribution is 7.17. The van der Waals surface area contributed by atoms with Crippen LogP contribution in [0.25, 0.3) is 15.9 Å². The second-order valence-electron chi connectivity index (χ2n) is 6.39. The van der Waals surface area contributed by atoms with Crippen molar-refractivity contribution in [2.45, 2.75) is 13.1 Å². The monoisotopic (exact) mass is 425 g/mol. The zero-order valence-electron chi connectivity index (χ0n) is 15.2. The minimum Gasteiger partial charge on any atom is -0.350 e. The first kappa shape index (κ1) is 19.2. The minimum atomic E-state index is -0.585. The number of rotatable bonds is 5. The Balaban J connectivity index is 1.72. The molecule has 0 radical (unpaired) electrons. The second-order valence-corrected chi connectivity index (χ2v) is 7.74. The number of fused-ring (bicyclic) bond motifs is 1. The number of benzene rings is 2. The first-order chi connectivity index (χ1) is 14.0. The summed E-state index contributed by atoms with van der Waals surface area (Å²) in [6.45, 7) is 0.162. The van der Waals surface area contributed by atoms with Crippen molar-refractivity contribution in [3.05, 3.63) is 97.5 Å². The fraction of sp³-hybridized carbons (Fsp3) is 0.0952. The van der Waals surface area contributed by atoms with Crippen LogP contribution in [0.3, 0.4) is 0 Å². The molecule has 0 unspecified atom stereocenters. The SMILES string of the molecule is O=C(Cn1c(=O)n(-c2cccc(Cl)c2)c(=O)c2sccc21)NCc1ccccc1. The number of nitrogens with zero attached hydrogens (tertiary/aromatic N) is 2. The molecule has 0 bridgehead atoms. The largest absolute Gasteiger partial charge is 0.350 e. The number of carbonyl (C=O) groups is 1. The number of hydrogen-bond donors (Lipinski definition) is 1. The second kappa shape index (κ2) is 8.06. The predicted molar refractivity (Wildman–Crippen MR) is 115 cm³/mol. The molecular formula is C21H16ClN3O3S. The summed E-state index contributed by atoms with van der Waals surface area (Å²) < 4.78 is 2.77.